The molecule has 74 valence electrons. The topological polar surface area (TPSA) is 51.3 Å². The summed E-state index contributed by atoms with van der Waals surface area (Å²) in [5.41, 5.74) is 5.50. The third-order valence-corrected chi connectivity index (χ3v) is 1.99. The molecule has 0 spiro atoms. The van der Waals surface area contributed by atoms with E-state index >= 15 is 0 Å². The maximum atomic E-state index is 5.50. The van der Waals surface area contributed by atoms with Crippen molar-refractivity contribution in [3.8, 4) is 0 Å². The van der Waals surface area contributed by atoms with Gasteiger partial charge >= 0.3 is 0 Å². The molecule has 0 aliphatic carbocycles. The summed E-state index contributed by atoms with van der Waals surface area (Å²) in [5, 5.41) is 0.566. The van der Waals surface area contributed by atoms with E-state index in [1.807, 2.05) is 12.1 Å². The molecule has 0 amide bonds. The molecule has 0 saturated carbocycles. The van der Waals surface area contributed by atoms with Gasteiger partial charge in [0, 0.05) is 24.3 Å². The molecular weight excluding hydrogens is 229 g/mol. The number of rotatable bonds is 1. The summed E-state index contributed by atoms with van der Waals surface area (Å²) in [6.07, 6.45) is 3.45. The molecule has 0 aromatic carbocycles. The minimum Gasteiger partial charge on any atom is -0.378 e. The van der Waals surface area contributed by atoms with Crippen molar-refractivity contribution in [3.05, 3.63) is 24.5 Å². The van der Waals surface area contributed by atoms with Gasteiger partial charge in [0.15, 0.2) is 5.17 Å². The van der Waals surface area contributed by atoms with Crippen LogP contribution in [0.5, 0.6) is 0 Å². The highest BCUT2D eigenvalue weighted by atomic mass is 35.5. The molecule has 0 unspecified atom stereocenters. The molecule has 13 heavy (non-hydrogen) atoms. The van der Waals surface area contributed by atoms with E-state index in [0.717, 1.165) is 4.90 Å². The van der Waals surface area contributed by atoms with Crippen molar-refractivity contribution in [1.29, 1.82) is 0 Å². The molecule has 0 radical (unpaired) electrons. The Labute approximate surface area is 94.0 Å². The molecule has 1 rings (SSSR count). The maximum absolute atomic E-state index is 5.50. The number of aliphatic imine (C=N–C) groups is 1. The maximum Gasteiger partial charge on any atom is 0.158 e. The minimum absolute atomic E-state index is 0. The number of amidine groups is 1. The van der Waals surface area contributed by atoms with Gasteiger partial charge in [0.05, 0.1) is 0 Å². The third-order valence-electron chi connectivity index (χ3n) is 1.09. The fourth-order valence-corrected chi connectivity index (χ4v) is 1.16. The summed E-state index contributed by atoms with van der Waals surface area (Å²) in [6.45, 7) is 0. The van der Waals surface area contributed by atoms with E-state index in [4.69, 9.17) is 5.73 Å². The molecule has 0 fully saturated rings. The van der Waals surface area contributed by atoms with E-state index in [2.05, 4.69) is 9.98 Å². The first-order valence-corrected chi connectivity index (χ1v) is 3.94. The standard InChI is InChI=1S/C7H9N3S.2ClH/c1-9-7(8)11-6-2-4-10-5-3-6;;/h2-5H,1H3,(H2,8,9);2*1H. The molecule has 1 heterocycles. The molecule has 3 nitrogen and oxygen atoms in total. The zero-order valence-corrected chi connectivity index (χ0v) is 9.46. The number of aromatic nitrogens is 1. The van der Waals surface area contributed by atoms with Crippen molar-refractivity contribution in [2.24, 2.45) is 10.7 Å². The van der Waals surface area contributed by atoms with Crippen molar-refractivity contribution < 1.29 is 0 Å². The SMILES string of the molecule is CN=C(N)Sc1ccncc1.Cl.Cl. The van der Waals surface area contributed by atoms with Crippen LogP contribution >= 0.6 is 36.6 Å². The Morgan fingerprint density at radius 2 is 1.92 bits per heavy atom. The lowest BCUT2D eigenvalue weighted by Gasteiger charge is -1.96. The Kier molecular flexibility index (Phi) is 9.44. The van der Waals surface area contributed by atoms with Gasteiger partial charge in [0.25, 0.3) is 0 Å². The van der Waals surface area contributed by atoms with E-state index in [1.54, 1.807) is 19.4 Å². The number of pyridine rings is 1. The predicted molar refractivity (Wildman–Crippen MR) is 62.1 cm³/mol. The van der Waals surface area contributed by atoms with E-state index < -0.39 is 0 Å². The van der Waals surface area contributed by atoms with Gasteiger partial charge in [-0.3, -0.25) is 9.98 Å². The van der Waals surface area contributed by atoms with Crippen LogP contribution < -0.4 is 5.73 Å². The molecule has 2 N–H and O–H groups in total. The Bertz CT molecular complexity index is 253. The zero-order chi connectivity index (χ0) is 8.10. The number of thioether (sulfide) groups is 1. The smallest absolute Gasteiger partial charge is 0.158 e. The van der Waals surface area contributed by atoms with E-state index in [-0.39, 0.29) is 24.8 Å². The Morgan fingerprint density at radius 3 is 2.38 bits per heavy atom. The van der Waals surface area contributed by atoms with Crippen LogP contribution in [-0.2, 0) is 0 Å². The first kappa shape index (κ1) is 15.0. The molecule has 6 heteroatoms. The van der Waals surface area contributed by atoms with Gasteiger partial charge in [-0.1, -0.05) is 11.8 Å². The molecule has 1 aromatic heterocycles. The predicted octanol–water partition coefficient (Wildman–Crippen LogP) is 1.96. The van der Waals surface area contributed by atoms with Gasteiger partial charge in [0.1, 0.15) is 0 Å². The quantitative estimate of drug-likeness (QED) is 0.463. The summed E-state index contributed by atoms with van der Waals surface area (Å²) in [7, 11) is 1.67. The zero-order valence-electron chi connectivity index (χ0n) is 7.01. The molecule has 0 aliphatic heterocycles. The van der Waals surface area contributed by atoms with Crippen LogP contribution in [0.4, 0.5) is 0 Å². The number of hydrogen-bond donors (Lipinski definition) is 1. The monoisotopic (exact) mass is 239 g/mol. The lowest BCUT2D eigenvalue weighted by atomic mass is 10.5. The Balaban J connectivity index is 0. The molecule has 0 atom stereocenters. The number of hydrogen-bond acceptors (Lipinski definition) is 3. The highest BCUT2D eigenvalue weighted by Crippen LogP contribution is 2.15. The summed E-state index contributed by atoms with van der Waals surface area (Å²) in [4.78, 5) is 8.76. The second-order valence-electron chi connectivity index (χ2n) is 1.85. The number of nitrogens with zero attached hydrogens (tertiary/aromatic N) is 2. The fourth-order valence-electron chi connectivity index (χ4n) is 0.573. The summed E-state index contributed by atoms with van der Waals surface area (Å²) in [5.74, 6) is 0. The van der Waals surface area contributed by atoms with Gasteiger partial charge in [-0.05, 0) is 12.1 Å². The van der Waals surface area contributed by atoms with Gasteiger partial charge in [-0.25, -0.2) is 0 Å². The van der Waals surface area contributed by atoms with Crippen LogP contribution in [0.2, 0.25) is 0 Å². The van der Waals surface area contributed by atoms with Gasteiger partial charge in [-0.15, -0.1) is 24.8 Å². The van der Waals surface area contributed by atoms with Crippen LogP contribution in [0.1, 0.15) is 0 Å². The summed E-state index contributed by atoms with van der Waals surface area (Å²) in [6, 6.07) is 3.78. The normalized spacial score (nSPS) is 9.77. The molecular formula is C7H11Cl2N3S. The summed E-state index contributed by atoms with van der Waals surface area (Å²) >= 11 is 1.43. The second kappa shape index (κ2) is 8.16. The van der Waals surface area contributed by atoms with Crippen molar-refractivity contribution in [1.82, 2.24) is 4.98 Å². The first-order valence-electron chi connectivity index (χ1n) is 3.13. The fraction of sp³-hybridized carbons (Fsp3) is 0.143. The lowest BCUT2D eigenvalue weighted by Crippen LogP contribution is -2.04. The van der Waals surface area contributed by atoms with Crippen molar-refractivity contribution in [2.75, 3.05) is 7.05 Å². The minimum atomic E-state index is 0. The van der Waals surface area contributed by atoms with E-state index in [1.165, 1.54) is 11.8 Å². The first-order chi connectivity index (χ1) is 5.33. The van der Waals surface area contributed by atoms with E-state index in [9.17, 15) is 0 Å². The largest absolute Gasteiger partial charge is 0.378 e. The van der Waals surface area contributed by atoms with Crippen LogP contribution in [0.3, 0.4) is 0 Å². The highest BCUT2D eigenvalue weighted by molar-refractivity contribution is 8.13. The number of nitrogens with two attached hydrogens (primary N) is 1. The van der Waals surface area contributed by atoms with Gasteiger partial charge in [0.2, 0.25) is 0 Å². The highest BCUT2D eigenvalue weighted by Gasteiger charge is 1.93. The molecule has 0 saturated heterocycles. The van der Waals surface area contributed by atoms with Crippen LogP contribution in [0.15, 0.2) is 34.4 Å². The van der Waals surface area contributed by atoms with Crippen molar-refractivity contribution in [3.63, 3.8) is 0 Å². The van der Waals surface area contributed by atoms with Crippen LogP contribution in [-0.4, -0.2) is 17.2 Å². The number of halogens is 2. The second-order valence-corrected chi connectivity index (χ2v) is 2.94. The molecule has 1 aromatic rings. The van der Waals surface area contributed by atoms with E-state index in [0.29, 0.717) is 5.17 Å². The lowest BCUT2D eigenvalue weighted by molar-refractivity contribution is 1.27. The van der Waals surface area contributed by atoms with Crippen LogP contribution in [0, 0.1) is 0 Å². The van der Waals surface area contributed by atoms with Gasteiger partial charge in [-0.2, -0.15) is 0 Å². The molecule has 0 bridgehead atoms. The average Bonchev–Trinajstić information content (AvgIpc) is 2.06. The van der Waals surface area contributed by atoms with Gasteiger partial charge < -0.3 is 5.73 Å². The average molecular weight is 240 g/mol. The van der Waals surface area contributed by atoms with Crippen LogP contribution in [0.25, 0.3) is 0 Å². The Morgan fingerprint density at radius 1 is 1.38 bits per heavy atom. The van der Waals surface area contributed by atoms with Crippen molar-refractivity contribution >= 4 is 41.7 Å². The summed E-state index contributed by atoms with van der Waals surface area (Å²) < 4.78 is 0. The van der Waals surface area contributed by atoms with Crippen molar-refractivity contribution in [2.45, 2.75) is 4.90 Å². The Hall–Kier alpha value is -0.450. The molecule has 0 aliphatic rings. The third kappa shape index (κ3) is 5.74.